The normalized spacial score (nSPS) is 12.2. The van der Waals surface area contributed by atoms with Gasteiger partial charge in [-0.05, 0) is 49.4 Å². The Morgan fingerprint density at radius 2 is 2.11 bits per heavy atom. The number of hydrogen-bond acceptors (Lipinski definition) is 2. The molecule has 1 aromatic carbocycles. The minimum atomic E-state index is -0.794. The summed E-state index contributed by atoms with van der Waals surface area (Å²) in [6.07, 6.45) is 1.84. The molecule has 0 aliphatic rings. The molecule has 0 fully saturated rings. The standard InChI is InChI=1S/C15H21ClO3/c1-4-6-11(8-15(17)18)12-9-13(16)10(3)7-14(12)19-5-2/h7,9,11H,4-6,8H2,1-3H3,(H,17,18). The Kier molecular flexibility index (Phi) is 6.16. The van der Waals surface area contributed by atoms with Crippen LogP contribution in [0.2, 0.25) is 5.02 Å². The van der Waals surface area contributed by atoms with Crippen LogP contribution in [0.25, 0.3) is 0 Å². The highest BCUT2D eigenvalue weighted by Gasteiger charge is 2.20. The summed E-state index contributed by atoms with van der Waals surface area (Å²) in [5.74, 6) is -0.0937. The van der Waals surface area contributed by atoms with Crippen molar-refractivity contribution in [1.29, 1.82) is 0 Å². The van der Waals surface area contributed by atoms with Crippen LogP contribution in [0, 0.1) is 6.92 Å². The molecule has 1 atom stereocenters. The second-order valence-corrected chi connectivity index (χ2v) is 5.06. The van der Waals surface area contributed by atoms with Crippen LogP contribution >= 0.6 is 11.6 Å². The molecule has 1 aromatic rings. The van der Waals surface area contributed by atoms with Gasteiger partial charge in [-0.3, -0.25) is 4.79 Å². The molecule has 0 saturated carbocycles. The summed E-state index contributed by atoms with van der Waals surface area (Å²) in [4.78, 5) is 11.0. The molecule has 19 heavy (non-hydrogen) atoms. The number of benzene rings is 1. The summed E-state index contributed by atoms with van der Waals surface area (Å²) >= 11 is 6.16. The number of carbonyl (C=O) groups is 1. The fourth-order valence-electron chi connectivity index (χ4n) is 2.20. The molecule has 0 aliphatic carbocycles. The van der Waals surface area contributed by atoms with E-state index in [0.717, 1.165) is 29.7 Å². The van der Waals surface area contributed by atoms with Crippen LogP contribution in [-0.2, 0) is 4.79 Å². The van der Waals surface area contributed by atoms with Crippen LogP contribution in [0.4, 0.5) is 0 Å². The van der Waals surface area contributed by atoms with Gasteiger partial charge in [0, 0.05) is 5.02 Å². The number of ether oxygens (including phenoxy) is 1. The van der Waals surface area contributed by atoms with Crippen molar-refractivity contribution >= 4 is 17.6 Å². The highest BCUT2D eigenvalue weighted by atomic mass is 35.5. The highest BCUT2D eigenvalue weighted by molar-refractivity contribution is 6.31. The summed E-state index contributed by atoms with van der Waals surface area (Å²) in [5.41, 5.74) is 1.85. The van der Waals surface area contributed by atoms with Gasteiger partial charge in [0.25, 0.3) is 0 Å². The number of aryl methyl sites for hydroxylation is 1. The Morgan fingerprint density at radius 3 is 2.63 bits per heavy atom. The van der Waals surface area contributed by atoms with E-state index in [4.69, 9.17) is 21.4 Å². The van der Waals surface area contributed by atoms with Gasteiger partial charge in [-0.1, -0.05) is 24.9 Å². The monoisotopic (exact) mass is 284 g/mol. The Labute approximate surface area is 119 Å². The van der Waals surface area contributed by atoms with Crippen LogP contribution in [0.1, 0.15) is 50.2 Å². The van der Waals surface area contributed by atoms with Gasteiger partial charge in [0.2, 0.25) is 0 Å². The number of hydrogen-bond donors (Lipinski definition) is 1. The summed E-state index contributed by atoms with van der Waals surface area (Å²) < 4.78 is 5.63. The maximum atomic E-state index is 11.0. The molecule has 1 N–H and O–H groups in total. The van der Waals surface area contributed by atoms with Gasteiger partial charge >= 0.3 is 5.97 Å². The zero-order chi connectivity index (χ0) is 14.4. The van der Waals surface area contributed by atoms with Gasteiger partial charge in [-0.15, -0.1) is 0 Å². The minimum Gasteiger partial charge on any atom is -0.494 e. The maximum Gasteiger partial charge on any atom is 0.303 e. The van der Waals surface area contributed by atoms with E-state index in [-0.39, 0.29) is 12.3 Å². The van der Waals surface area contributed by atoms with E-state index in [1.54, 1.807) is 0 Å². The smallest absolute Gasteiger partial charge is 0.303 e. The van der Waals surface area contributed by atoms with Crippen molar-refractivity contribution in [3.8, 4) is 5.75 Å². The van der Waals surface area contributed by atoms with Gasteiger partial charge in [0.05, 0.1) is 13.0 Å². The third kappa shape index (κ3) is 4.43. The summed E-state index contributed by atoms with van der Waals surface area (Å²) in [6, 6.07) is 3.75. The third-order valence-corrected chi connectivity index (χ3v) is 3.50. The lowest BCUT2D eigenvalue weighted by Crippen LogP contribution is -2.09. The largest absolute Gasteiger partial charge is 0.494 e. The first-order valence-corrected chi connectivity index (χ1v) is 7.02. The van der Waals surface area contributed by atoms with E-state index in [0.29, 0.717) is 11.6 Å². The van der Waals surface area contributed by atoms with Gasteiger partial charge in [0.1, 0.15) is 5.75 Å². The molecule has 1 unspecified atom stereocenters. The van der Waals surface area contributed by atoms with Gasteiger partial charge < -0.3 is 9.84 Å². The summed E-state index contributed by atoms with van der Waals surface area (Å²) in [7, 11) is 0. The van der Waals surface area contributed by atoms with Crippen LogP contribution < -0.4 is 4.74 Å². The average molecular weight is 285 g/mol. The van der Waals surface area contributed by atoms with Crippen LogP contribution in [-0.4, -0.2) is 17.7 Å². The molecule has 0 spiro atoms. The molecule has 0 radical (unpaired) electrons. The van der Waals surface area contributed by atoms with Gasteiger partial charge in [0.15, 0.2) is 0 Å². The second kappa shape index (κ2) is 7.39. The first kappa shape index (κ1) is 15.8. The molecule has 0 bridgehead atoms. The van der Waals surface area contributed by atoms with Crippen molar-refractivity contribution in [2.45, 2.75) is 46.0 Å². The van der Waals surface area contributed by atoms with E-state index in [1.165, 1.54) is 0 Å². The van der Waals surface area contributed by atoms with Crippen molar-refractivity contribution in [2.24, 2.45) is 0 Å². The number of carboxylic acid groups (broad SMARTS) is 1. The molecule has 4 heteroatoms. The fraction of sp³-hybridized carbons (Fsp3) is 0.533. The molecular weight excluding hydrogens is 264 g/mol. The lowest BCUT2D eigenvalue weighted by atomic mass is 9.90. The molecule has 0 aliphatic heterocycles. The fourth-order valence-corrected chi connectivity index (χ4v) is 2.37. The quantitative estimate of drug-likeness (QED) is 0.807. The number of carboxylic acids is 1. The SMILES string of the molecule is CCCC(CC(=O)O)c1cc(Cl)c(C)cc1OCC. The number of rotatable bonds is 7. The summed E-state index contributed by atoms with van der Waals surface area (Å²) in [5, 5.41) is 9.70. The van der Waals surface area contributed by atoms with Crippen LogP contribution in [0.15, 0.2) is 12.1 Å². The Balaban J connectivity index is 3.18. The lowest BCUT2D eigenvalue weighted by molar-refractivity contribution is -0.137. The molecule has 1 rings (SSSR count). The topological polar surface area (TPSA) is 46.5 Å². The van der Waals surface area contributed by atoms with E-state index in [9.17, 15) is 4.79 Å². The summed E-state index contributed by atoms with van der Waals surface area (Å²) in [6.45, 7) is 6.44. The predicted octanol–water partition coefficient (Wildman–Crippen LogP) is 4.41. The predicted molar refractivity (Wildman–Crippen MR) is 77.3 cm³/mol. The Bertz CT molecular complexity index is 443. The molecule has 0 aromatic heterocycles. The van der Waals surface area contributed by atoms with Crippen molar-refractivity contribution < 1.29 is 14.6 Å². The second-order valence-electron chi connectivity index (χ2n) is 4.66. The Hall–Kier alpha value is -1.22. The van der Waals surface area contributed by atoms with E-state index in [2.05, 4.69) is 0 Å². The zero-order valence-electron chi connectivity index (χ0n) is 11.7. The molecule has 3 nitrogen and oxygen atoms in total. The van der Waals surface area contributed by atoms with Crippen molar-refractivity contribution in [1.82, 2.24) is 0 Å². The number of halogens is 1. The van der Waals surface area contributed by atoms with E-state index < -0.39 is 5.97 Å². The van der Waals surface area contributed by atoms with Crippen LogP contribution in [0.3, 0.4) is 0 Å². The number of aliphatic carboxylic acids is 1. The molecular formula is C15H21ClO3. The molecule has 0 amide bonds. The maximum absolute atomic E-state index is 11.0. The average Bonchev–Trinajstić information content (AvgIpc) is 2.33. The van der Waals surface area contributed by atoms with Gasteiger partial charge in [-0.2, -0.15) is 0 Å². The first-order valence-electron chi connectivity index (χ1n) is 6.64. The molecule has 0 saturated heterocycles. The van der Waals surface area contributed by atoms with Gasteiger partial charge in [-0.25, -0.2) is 0 Å². The van der Waals surface area contributed by atoms with Crippen molar-refractivity contribution in [2.75, 3.05) is 6.61 Å². The minimum absolute atomic E-state index is 0.0536. The zero-order valence-corrected chi connectivity index (χ0v) is 12.5. The molecule has 0 heterocycles. The Morgan fingerprint density at radius 1 is 1.42 bits per heavy atom. The van der Waals surface area contributed by atoms with Crippen molar-refractivity contribution in [3.05, 3.63) is 28.3 Å². The van der Waals surface area contributed by atoms with E-state index in [1.807, 2.05) is 32.9 Å². The third-order valence-electron chi connectivity index (χ3n) is 3.09. The van der Waals surface area contributed by atoms with Crippen LogP contribution in [0.5, 0.6) is 5.75 Å². The highest BCUT2D eigenvalue weighted by Crippen LogP contribution is 2.36. The first-order chi connectivity index (χ1) is 8.99. The lowest BCUT2D eigenvalue weighted by Gasteiger charge is -2.19. The van der Waals surface area contributed by atoms with E-state index >= 15 is 0 Å². The molecule has 106 valence electrons. The van der Waals surface area contributed by atoms with Crippen molar-refractivity contribution in [3.63, 3.8) is 0 Å².